The minimum Gasteiger partial charge on any atom is -0.345 e. The minimum absolute atomic E-state index is 0.344. The van der Waals surface area contributed by atoms with Gasteiger partial charge in [0.1, 0.15) is 0 Å². The first-order valence-electron chi connectivity index (χ1n) is 10.9. The molecule has 28 heavy (non-hydrogen) atoms. The Morgan fingerprint density at radius 2 is 1.86 bits per heavy atom. The maximum absolute atomic E-state index is 13.1. The number of hydrogen-bond acceptors (Lipinski definition) is 1. The highest BCUT2D eigenvalue weighted by Crippen LogP contribution is 2.25. The Hall–Kier alpha value is -1.55. The van der Waals surface area contributed by atoms with E-state index in [2.05, 4.69) is 74.9 Å². The topological polar surface area (TPSA) is 25.2 Å². The van der Waals surface area contributed by atoms with Gasteiger partial charge in [-0.3, -0.25) is 4.79 Å². The van der Waals surface area contributed by atoms with Crippen LogP contribution in [-0.4, -0.2) is 21.4 Å². The van der Waals surface area contributed by atoms with Crippen LogP contribution in [0, 0.1) is 0 Å². The van der Waals surface area contributed by atoms with Crippen LogP contribution in [0.3, 0.4) is 0 Å². The van der Waals surface area contributed by atoms with Crippen molar-refractivity contribution in [2.75, 3.05) is 0 Å². The monoisotopic (exact) mass is 444 g/mol. The van der Waals surface area contributed by atoms with E-state index >= 15 is 0 Å². The van der Waals surface area contributed by atoms with Crippen LogP contribution < -0.4 is 0 Å². The zero-order valence-corrected chi connectivity index (χ0v) is 18.7. The van der Waals surface area contributed by atoms with Gasteiger partial charge in [0, 0.05) is 35.4 Å². The van der Waals surface area contributed by atoms with Gasteiger partial charge in [-0.25, -0.2) is 0 Å². The Balaban J connectivity index is 1.72. The van der Waals surface area contributed by atoms with E-state index in [-0.39, 0.29) is 0 Å². The van der Waals surface area contributed by atoms with Gasteiger partial charge in [-0.15, -0.1) is 0 Å². The number of aromatic nitrogens is 1. The van der Waals surface area contributed by atoms with Gasteiger partial charge < -0.3 is 9.47 Å². The van der Waals surface area contributed by atoms with E-state index in [9.17, 15) is 4.79 Å². The molecule has 0 N–H and O–H groups in total. The van der Waals surface area contributed by atoms with Gasteiger partial charge in [0.25, 0.3) is 0 Å². The molecule has 152 valence electrons. The highest BCUT2D eigenvalue weighted by molar-refractivity contribution is 9.10. The van der Waals surface area contributed by atoms with Gasteiger partial charge in [-0.2, -0.15) is 0 Å². The van der Waals surface area contributed by atoms with E-state index in [1.807, 2.05) is 0 Å². The third-order valence-electron chi connectivity index (χ3n) is 5.85. The third kappa shape index (κ3) is 5.97. The van der Waals surface area contributed by atoms with Gasteiger partial charge in [-0.1, -0.05) is 67.1 Å². The molecule has 1 aliphatic carbocycles. The number of benzene rings is 1. The SMILES string of the molecule is CCCCCC(=O)N(Cc1cccn1Cc1ccc(Br)cc1)C1CCCCC1. The number of carbonyl (C=O) groups is 1. The Labute approximate surface area is 178 Å². The summed E-state index contributed by atoms with van der Waals surface area (Å²) in [6, 6.07) is 13.2. The van der Waals surface area contributed by atoms with Crippen molar-refractivity contribution in [2.45, 2.75) is 83.8 Å². The predicted octanol–water partition coefficient (Wildman–Crippen LogP) is 6.54. The molecule has 0 radical (unpaired) electrons. The predicted molar refractivity (Wildman–Crippen MR) is 119 cm³/mol. The molecule has 0 aliphatic heterocycles. The van der Waals surface area contributed by atoms with Crippen molar-refractivity contribution >= 4 is 21.8 Å². The van der Waals surface area contributed by atoms with E-state index in [0.717, 1.165) is 49.7 Å². The van der Waals surface area contributed by atoms with E-state index in [1.165, 1.54) is 30.5 Å². The van der Waals surface area contributed by atoms with Crippen molar-refractivity contribution in [2.24, 2.45) is 0 Å². The Bertz CT molecular complexity index is 731. The molecule has 1 saturated carbocycles. The van der Waals surface area contributed by atoms with Gasteiger partial charge >= 0.3 is 0 Å². The van der Waals surface area contributed by atoms with Crippen molar-refractivity contribution in [3.05, 3.63) is 58.3 Å². The van der Waals surface area contributed by atoms with E-state index < -0.39 is 0 Å². The molecule has 1 amide bonds. The maximum atomic E-state index is 13.1. The molecule has 1 aliphatic rings. The van der Waals surface area contributed by atoms with Crippen molar-refractivity contribution in [1.82, 2.24) is 9.47 Å². The molecule has 1 fully saturated rings. The third-order valence-corrected chi connectivity index (χ3v) is 6.38. The summed E-state index contributed by atoms with van der Waals surface area (Å²) < 4.78 is 3.39. The lowest BCUT2D eigenvalue weighted by atomic mass is 9.93. The number of nitrogens with zero attached hydrogens (tertiary/aromatic N) is 2. The molecule has 0 unspecified atom stereocenters. The number of carbonyl (C=O) groups excluding carboxylic acids is 1. The second-order valence-corrected chi connectivity index (χ2v) is 8.94. The quantitative estimate of drug-likeness (QED) is 0.402. The molecular formula is C24H33BrN2O. The number of hydrogen-bond donors (Lipinski definition) is 0. The fraction of sp³-hybridized carbons (Fsp3) is 0.542. The van der Waals surface area contributed by atoms with Crippen molar-refractivity contribution in [1.29, 1.82) is 0 Å². The molecule has 0 atom stereocenters. The van der Waals surface area contributed by atoms with Gasteiger partial charge in [0.05, 0.1) is 6.54 Å². The fourth-order valence-corrected chi connectivity index (χ4v) is 4.46. The van der Waals surface area contributed by atoms with E-state index in [0.29, 0.717) is 18.4 Å². The molecule has 1 aromatic carbocycles. The number of rotatable bonds is 9. The largest absolute Gasteiger partial charge is 0.345 e. The van der Waals surface area contributed by atoms with Crippen LogP contribution in [0.4, 0.5) is 0 Å². The second kappa shape index (κ2) is 10.8. The molecule has 3 rings (SSSR count). The molecule has 4 heteroatoms. The van der Waals surface area contributed by atoms with Crippen molar-refractivity contribution in [3.8, 4) is 0 Å². The van der Waals surface area contributed by atoms with Crippen molar-refractivity contribution < 1.29 is 4.79 Å². The Kier molecular flexibility index (Phi) is 8.20. The van der Waals surface area contributed by atoms with Gasteiger partial charge in [0.15, 0.2) is 0 Å². The minimum atomic E-state index is 0.344. The van der Waals surface area contributed by atoms with Crippen LogP contribution >= 0.6 is 15.9 Å². The summed E-state index contributed by atoms with van der Waals surface area (Å²) in [5, 5.41) is 0. The summed E-state index contributed by atoms with van der Waals surface area (Å²) in [5.41, 5.74) is 2.51. The first-order chi connectivity index (χ1) is 13.7. The molecule has 0 spiro atoms. The standard InChI is InChI=1S/C24H33BrN2O/c1-2-3-5-12-24(28)27(22-9-6-4-7-10-22)19-23-11-8-17-26(23)18-20-13-15-21(25)16-14-20/h8,11,13-17,22H,2-7,9-10,12,18-19H2,1H3. The van der Waals surface area contributed by atoms with Crippen LogP contribution in [0.15, 0.2) is 47.1 Å². The number of amides is 1. The summed E-state index contributed by atoms with van der Waals surface area (Å²) in [6.45, 7) is 3.77. The van der Waals surface area contributed by atoms with Crippen LogP contribution in [-0.2, 0) is 17.9 Å². The highest BCUT2D eigenvalue weighted by Gasteiger charge is 2.25. The summed E-state index contributed by atoms with van der Waals surface area (Å²) in [6.07, 6.45) is 12.3. The lowest BCUT2D eigenvalue weighted by Gasteiger charge is -2.35. The zero-order chi connectivity index (χ0) is 19.8. The lowest BCUT2D eigenvalue weighted by molar-refractivity contribution is -0.135. The fourth-order valence-electron chi connectivity index (χ4n) is 4.19. The van der Waals surface area contributed by atoms with Crippen LogP contribution in [0.25, 0.3) is 0 Å². The van der Waals surface area contributed by atoms with Crippen LogP contribution in [0.5, 0.6) is 0 Å². The number of unbranched alkanes of at least 4 members (excludes halogenated alkanes) is 2. The van der Waals surface area contributed by atoms with Gasteiger partial charge in [-0.05, 0) is 49.1 Å². The molecular weight excluding hydrogens is 412 g/mol. The molecule has 2 aromatic rings. The highest BCUT2D eigenvalue weighted by atomic mass is 79.9. The van der Waals surface area contributed by atoms with E-state index in [1.54, 1.807) is 0 Å². The van der Waals surface area contributed by atoms with Crippen LogP contribution in [0.2, 0.25) is 0 Å². The smallest absolute Gasteiger partial charge is 0.223 e. The lowest BCUT2D eigenvalue weighted by Crippen LogP contribution is -2.41. The normalized spacial score (nSPS) is 14.9. The number of halogens is 1. The summed E-state index contributed by atoms with van der Waals surface area (Å²) in [4.78, 5) is 15.3. The molecule has 1 heterocycles. The van der Waals surface area contributed by atoms with Crippen LogP contribution in [0.1, 0.15) is 76.0 Å². The Morgan fingerprint density at radius 3 is 2.57 bits per heavy atom. The maximum Gasteiger partial charge on any atom is 0.223 e. The van der Waals surface area contributed by atoms with E-state index in [4.69, 9.17) is 0 Å². The summed E-state index contributed by atoms with van der Waals surface area (Å²) in [7, 11) is 0. The van der Waals surface area contributed by atoms with Crippen molar-refractivity contribution in [3.63, 3.8) is 0 Å². The summed E-state index contributed by atoms with van der Waals surface area (Å²) >= 11 is 3.51. The first-order valence-corrected chi connectivity index (χ1v) is 11.6. The average Bonchev–Trinajstić information content (AvgIpc) is 3.15. The molecule has 3 nitrogen and oxygen atoms in total. The average molecular weight is 445 g/mol. The summed E-state index contributed by atoms with van der Waals surface area (Å²) in [5.74, 6) is 0.344. The van der Waals surface area contributed by atoms with Gasteiger partial charge in [0.2, 0.25) is 5.91 Å². The molecule has 0 bridgehead atoms. The zero-order valence-electron chi connectivity index (χ0n) is 17.1. The second-order valence-electron chi connectivity index (χ2n) is 8.02. The molecule has 1 aromatic heterocycles. The Morgan fingerprint density at radius 1 is 1.11 bits per heavy atom. The molecule has 0 saturated heterocycles. The first kappa shape index (κ1) is 21.2.